The Balaban J connectivity index is 2.38. The number of anilines is 1. The van der Waals surface area contributed by atoms with Crippen LogP contribution < -0.4 is 5.32 Å². The fourth-order valence-corrected chi connectivity index (χ4v) is 1.84. The van der Waals surface area contributed by atoms with Gasteiger partial charge >= 0.3 is 0 Å². The normalized spacial score (nSPS) is 10.4. The molecule has 0 aliphatic rings. The molecule has 0 aromatic heterocycles. The molecule has 0 saturated carbocycles. The Morgan fingerprint density at radius 2 is 1.95 bits per heavy atom. The number of carbonyl (C=O) groups is 1. The van der Waals surface area contributed by atoms with Gasteiger partial charge in [-0.3, -0.25) is 4.79 Å². The van der Waals surface area contributed by atoms with Crippen molar-refractivity contribution in [2.45, 2.75) is 6.92 Å². The highest BCUT2D eigenvalue weighted by molar-refractivity contribution is 6.34. The molecular formula is C14H10ClF2NO2. The molecule has 104 valence electrons. The molecule has 0 spiro atoms. The summed E-state index contributed by atoms with van der Waals surface area (Å²) in [5.41, 5.74) is -0.426. The fourth-order valence-electron chi connectivity index (χ4n) is 1.64. The minimum Gasteiger partial charge on any atom is -0.508 e. The Morgan fingerprint density at radius 3 is 2.65 bits per heavy atom. The number of hydrogen-bond donors (Lipinski definition) is 2. The first-order valence-electron chi connectivity index (χ1n) is 5.64. The molecule has 0 unspecified atom stereocenters. The van der Waals surface area contributed by atoms with E-state index < -0.39 is 23.2 Å². The summed E-state index contributed by atoms with van der Waals surface area (Å²) >= 11 is 5.81. The summed E-state index contributed by atoms with van der Waals surface area (Å²) in [7, 11) is 0. The monoisotopic (exact) mass is 297 g/mol. The first kappa shape index (κ1) is 14.3. The van der Waals surface area contributed by atoms with Crippen LogP contribution in [0, 0.1) is 18.6 Å². The van der Waals surface area contributed by atoms with Crippen LogP contribution >= 0.6 is 11.6 Å². The van der Waals surface area contributed by atoms with Gasteiger partial charge in [-0.25, -0.2) is 8.78 Å². The molecule has 0 radical (unpaired) electrons. The molecule has 20 heavy (non-hydrogen) atoms. The number of halogens is 3. The zero-order chi connectivity index (χ0) is 14.9. The molecule has 0 bridgehead atoms. The first-order valence-corrected chi connectivity index (χ1v) is 6.02. The van der Waals surface area contributed by atoms with Crippen molar-refractivity contribution < 1.29 is 18.7 Å². The van der Waals surface area contributed by atoms with Crippen LogP contribution in [-0.4, -0.2) is 11.0 Å². The largest absolute Gasteiger partial charge is 0.508 e. The summed E-state index contributed by atoms with van der Waals surface area (Å²) in [4.78, 5) is 12.0. The predicted molar refractivity (Wildman–Crippen MR) is 72.2 cm³/mol. The number of carbonyl (C=O) groups excluding carboxylic acids is 1. The van der Waals surface area contributed by atoms with Crippen molar-refractivity contribution in [1.29, 1.82) is 0 Å². The second-order valence-corrected chi connectivity index (χ2v) is 4.58. The molecule has 0 atom stereocenters. The number of aryl methyl sites for hydroxylation is 1. The van der Waals surface area contributed by atoms with E-state index in [1.165, 1.54) is 25.1 Å². The van der Waals surface area contributed by atoms with Crippen LogP contribution in [-0.2, 0) is 0 Å². The third-order valence-electron chi connectivity index (χ3n) is 2.72. The van der Waals surface area contributed by atoms with E-state index in [2.05, 4.69) is 5.32 Å². The van der Waals surface area contributed by atoms with E-state index in [0.29, 0.717) is 0 Å². The Kier molecular flexibility index (Phi) is 3.90. The first-order chi connectivity index (χ1) is 9.40. The molecule has 0 aliphatic heterocycles. The molecule has 0 saturated heterocycles. The van der Waals surface area contributed by atoms with Crippen molar-refractivity contribution in [2.24, 2.45) is 0 Å². The quantitative estimate of drug-likeness (QED) is 0.883. The lowest BCUT2D eigenvalue weighted by molar-refractivity contribution is 0.102. The molecule has 3 nitrogen and oxygen atoms in total. The van der Waals surface area contributed by atoms with Gasteiger partial charge in [-0.1, -0.05) is 17.7 Å². The number of rotatable bonds is 2. The Morgan fingerprint density at radius 1 is 1.25 bits per heavy atom. The van der Waals surface area contributed by atoms with Gasteiger partial charge in [0.2, 0.25) is 0 Å². The smallest absolute Gasteiger partial charge is 0.257 e. The maximum atomic E-state index is 13.8. The van der Waals surface area contributed by atoms with Crippen molar-refractivity contribution in [3.8, 4) is 5.75 Å². The standard InChI is InChI=1S/C14H10ClF2NO2/c1-7-2-5-11(16)13(12(7)17)18-14(20)9-6-8(19)3-4-10(9)15/h2-6,19H,1H3,(H,18,20). The highest BCUT2D eigenvalue weighted by Crippen LogP contribution is 2.25. The van der Waals surface area contributed by atoms with E-state index in [0.717, 1.165) is 12.1 Å². The maximum Gasteiger partial charge on any atom is 0.257 e. The molecular weight excluding hydrogens is 288 g/mol. The number of amides is 1. The second kappa shape index (κ2) is 5.46. The molecule has 1 amide bonds. The Hall–Kier alpha value is -2.14. The highest BCUT2D eigenvalue weighted by atomic mass is 35.5. The molecule has 0 aliphatic carbocycles. The van der Waals surface area contributed by atoms with Gasteiger partial charge in [0, 0.05) is 0 Å². The van der Waals surface area contributed by atoms with Gasteiger partial charge in [-0.05, 0) is 36.8 Å². The third-order valence-corrected chi connectivity index (χ3v) is 3.05. The van der Waals surface area contributed by atoms with Gasteiger partial charge in [0.15, 0.2) is 5.82 Å². The van der Waals surface area contributed by atoms with Crippen molar-refractivity contribution in [1.82, 2.24) is 0 Å². The minimum absolute atomic E-state index is 0.0637. The van der Waals surface area contributed by atoms with Gasteiger partial charge < -0.3 is 10.4 Å². The summed E-state index contributed by atoms with van der Waals surface area (Å²) in [5, 5.41) is 11.5. The Labute approximate surface area is 118 Å². The SMILES string of the molecule is Cc1ccc(F)c(NC(=O)c2cc(O)ccc2Cl)c1F. The molecule has 2 N–H and O–H groups in total. The number of phenolic OH excluding ortho intramolecular Hbond substituents is 1. The van der Waals surface area contributed by atoms with Gasteiger partial charge in [0.25, 0.3) is 5.91 Å². The number of nitrogens with one attached hydrogen (secondary N) is 1. The lowest BCUT2D eigenvalue weighted by Crippen LogP contribution is -2.15. The highest BCUT2D eigenvalue weighted by Gasteiger charge is 2.17. The lowest BCUT2D eigenvalue weighted by atomic mass is 10.1. The van der Waals surface area contributed by atoms with E-state index in [-0.39, 0.29) is 21.9 Å². The van der Waals surface area contributed by atoms with Crippen molar-refractivity contribution in [3.63, 3.8) is 0 Å². The van der Waals surface area contributed by atoms with Crippen LogP contribution in [0.25, 0.3) is 0 Å². The molecule has 0 fully saturated rings. The summed E-state index contributed by atoms with van der Waals surface area (Å²) in [5.74, 6) is -2.73. The zero-order valence-corrected chi connectivity index (χ0v) is 11.1. The van der Waals surface area contributed by atoms with E-state index in [9.17, 15) is 18.7 Å². The van der Waals surface area contributed by atoms with Crippen LogP contribution in [0.3, 0.4) is 0 Å². The average molecular weight is 298 g/mol. The third kappa shape index (κ3) is 2.72. The fraction of sp³-hybridized carbons (Fsp3) is 0.0714. The van der Waals surface area contributed by atoms with E-state index in [1.807, 2.05) is 0 Å². The summed E-state index contributed by atoms with van der Waals surface area (Å²) in [6, 6.07) is 6.05. The summed E-state index contributed by atoms with van der Waals surface area (Å²) in [6.45, 7) is 1.45. The average Bonchev–Trinajstić information content (AvgIpc) is 2.41. The number of benzene rings is 2. The molecule has 2 rings (SSSR count). The van der Waals surface area contributed by atoms with Gasteiger partial charge in [0.1, 0.15) is 17.3 Å². The van der Waals surface area contributed by atoms with E-state index >= 15 is 0 Å². The van der Waals surface area contributed by atoms with Crippen molar-refractivity contribution in [2.75, 3.05) is 5.32 Å². The predicted octanol–water partition coefficient (Wildman–Crippen LogP) is 3.88. The Bertz CT molecular complexity index is 689. The minimum atomic E-state index is -0.891. The van der Waals surface area contributed by atoms with Crippen LogP contribution in [0.2, 0.25) is 5.02 Å². The second-order valence-electron chi connectivity index (χ2n) is 4.17. The molecule has 2 aromatic carbocycles. The summed E-state index contributed by atoms with van der Waals surface area (Å²) in [6.07, 6.45) is 0. The van der Waals surface area contributed by atoms with Crippen LogP contribution in [0.5, 0.6) is 5.75 Å². The lowest BCUT2D eigenvalue weighted by Gasteiger charge is -2.10. The van der Waals surface area contributed by atoms with Gasteiger partial charge in [-0.2, -0.15) is 0 Å². The van der Waals surface area contributed by atoms with Crippen LogP contribution in [0.4, 0.5) is 14.5 Å². The number of phenols is 1. The van der Waals surface area contributed by atoms with Crippen LogP contribution in [0.15, 0.2) is 30.3 Å². The van der Waals surface area contributed by atoms with Crippen molar-refractivity contribution in [3.05, 3.63) is 58.1 Å². The topological polar surface area (TPSA) is 49.3 Å². The van der Waals surface area contributed by atoms with E-state index in [1.54, 1.807) is 0 Å². The van der Waals surface area contributed by atoms with Gasteiger partial charge in [0.05, 0.1) is 10.6 Å². The molecule has 6 heteroatoms. The van der Waals surface area contributed by atoms with Crippen molar-refractivity contribution >= 4 is 23.2 Å². The summed E-state index contributed by atoms with van der Waals surface area (Å²) < 4.78 is 27.3. The van der Waals surface area contributed by atoms with Gasteiger partial charge in [-0.15, -0.1) is 0 Å². The molecule has 2 aromatic rings. The van der Waals surface area contributed by atoms with Crippen LogP contribution in [0.1, 0.15) is 15.9 Å². The van der Waals surface area contributed by atoms with E-state index in [4.69, 9.17) is 11.6 Å². The molecule has 0 heterocycles. The zero-order valence-electron chi connectivity index (χ0n) is 10.4. The number of aromatic hydroxyl groups is 1. The maximum absolute atomic E-state index is 13.8. The number of hydrogen-bond acceptors (Lipinski definition) is 2.